The fourth-order valence-electron chi connectivity index (χ4n) is 4.27. The highest BCUT2D eigenvalue weighted by atomic mass is 15.2. The van der Waals surface area contributed by atoms with Crippen LogP contribution in [0.15, 0.2) is 36.4 Å². The molecule has 2 N–H and O–H groups in total. The second kappa shape index (κ2) is 9.30. The monoisotopic (exact) mass is 352 g/mol. The normalized spacial score (nSPS) is 14.8. The molecule has 2 nitrogen and oxygen atoms in total. The molecule has 0 unspecified atom stereocenters. The third kappa shape index (κ3) is 4.93. The minimum Gasteiger partial charge on any atom is -0.363 e. The predicted molar refractivity (Wildman–Crippen MR) is 116 cm³/mol. The van der Waals surface area contributed by atoms with Gasteiger partial charge in [-0.2, -0.15) is 0 Å². The number of unbranched alkanes of at least 4 members (excludes halogenated alkanes) is 9. The number of hydrogen-bond acceptors (Lipinski definition) is 2. The van der Waals surface area contributed by atoms with Gasteiger partial charge in [-0.25, -0.2) is 0 Å². The highest BCUT2D eigenvalue weighted by Crippen LogP contribution is 2.38. The Balaban J connectivity index is 1.39. The van der Waals surface area contributed by atoms with E-state index in [2.05, 4.69) is 60.9 Å². The summed E-state index contributed by atoms with van der Waals surface area (Å²) in [7, 11) is 0. The Hall–Kier alpha value is -1.70. The lowest BCUT2D eigenvalue weighted by Crippen LogP contribution is -2.45. The molecule has 0 aromatic heterocycles. The maximum atomic E-state index is 3.76. The van der Waals surface area contributed by atoms with Crippen molar-refractivity contribution >= 4 is 22.1 Å². The molecule has 0 atom stereocenters. The zero-order valence-electron chi connectivity index (χ0n) is 16.7. The van der Waals surface area contributed by atoms with Gasteiger partial charge < -0.3 is 10.6 Å². The van der Waals surface area contributed by atoms with Crippen molar-refractivity contribution in [1.29, 1.82) is 0 Å². The fraction of sp³-hybridized carbons (Fsp3) is 0.583. The predicted octanol–water partition coefficient (Wildman–Crippen LogP) is 7.70. The molecule has 2 heteroatoms. The molecular weight excluding hydrogens is 316 g/mol. The molecule has 1 aliphatic rings. The van der Waals surface area contributed by atoms with Gasteiger partial charge in [0.1, 0.15) is 5.66 Å². The molecule has 26 heavy (non-hydrogen) atoms. The Labute approximate surface area is 159 Å². The summed E-state index contributed by atoms with van der Waals surface area (Å²) in [6.45, 7) is 4.59. The summed E-state index contributed by atoms with van der Waals surface area (Å²) in [6.07, 6.45) is 15.1. The van der Waals surface area contributed by atoms with Gasteiger partial charge in [-0.3, -0.25) is 0 Å². The first-order chi connectivity index (χ1) is 12.7. The van der Waals surface area contributed by atoms with Crippen LogP contribution in [-0.2, 0) is 0 Å². The van der Waals surface area contributed by atoms with Crippen molar-refractivity contribution < 1.29 is 0 Å². The van der Waals surface area contributed by atoms with Crippen LogP contribution in [0.5, 0.6) is 0 Å². The Morgan fingerprint density at radius 1 is 0.692 bits per heavy atom. The lowest BCUT2D eigenvalue weighted by molar-refractivity contribution is 0.478. The Morgan fingerprint density at radius 2 is 1.19 bits per heavy atom. The third-order valence-electron chi connectivity index (χ3n) is 5.76. The molecule has 2 aromatic rings. The van der Waals surface area contributed by atoms with Crippen molar-refractivity contribution in [3.8, 4) is 0 Å². The number of anilines is 2. The van der Waals surface area contributed by atoms with Gasteiger partial charge in [0, 0.05) is 16.8 Å². The van der Waals surface area contributed by atoms with Crippen LogP contribution >= 0.6 is 0 Å². The zero-order valence-corrected chi connectivity index (χ0v) is 16.7. The molecule has 1 aliphatic heterocycles. The Morgan fingerprint density at radius 3 is 1.73 bits per heavy atom. The number of rotatable bonds is 11. The molecule has 0 radical (unpaired) electrons. The van der Waals surface area contributed by atoms with Crippen LogP contribution in [0, 0.1) is 0 Å². The Bertz CT molecular complexity index is 651. The minimum absolute atomic E-state index is 0.0389. The first kappa shape index (κ1) is 19.1. The van der Waals surface area contributed by atoms with E-state index < -0.39 is 0 Å². The van der Waals surface area contributed by atoms with Gasteiger partial charge >= 0.3 is 0 Å². The summed E-state index contributed by atoms with van der Waals surface area (Å²) in [5, 5.41) is 10.2. The maximum absolute atomic E-state index is 3.76. The largest absolute Gasteiger partial charge is 0.363 e. The molecule has 0 aliphatic carbocycles. The van der Waals surface area contributed by atoms with Gasteiger partial charge in [0.25, 0.3) is 0 Å². The number of nitrogens with one attached hydrogen (secondary N) is 2. The molecular formula is C24H36N2. The highest BCUT2D eigenvalue weighted by Gasteiger charge is 2.28. The summed E-state index contributed by atoms with van der Waals surface area (Å²) >= 11 is 0. The number of benzene rings is 2. The molecule has 142 valence electrons. The van der Waals surface area contributed by atoms with Crippen LogP contribution in [-0.4, -0.2) is 5.66 Å². The molecule has 0 bridgehead atoms. The lowest BCUT2D eigenvalue weighted by Gasteiger charge is -2.39. The summed E-state index contributed by atoms with van der Waals surface area (Å²) < 4.78 is 0. The number of hydrogen-bond donors (Lipinski definition) is 2. The highest BCUT2D eigenvalue weighted by molar-refractivity contribution is 6.05. The topological polar surface area (TPSA) is 24.1 Å². The van der Waals surface area contributed by atoms with Crippen molar-refractivity contribution in [2.24, 2.45) is 0 Å². The van der Waals surface area contributed by atoms with E-state index >= 15 is 0 Å². The first-order valence-electron chi connectivity index (χ1n) is 10.8. The van der Waals surface area contributed by atoms with Crippen molar-refractivity contribution in [2.45, 2.75) is 90.1 Å². The van der Waals surface area contributed by atoms with Crippen LogP contribution in [0.25, 0.3) is 10.8 Å². The van der Waals surface area contributed by atoms with Crippen LogP contribution in [0.4, 0.5) is 11.4 Å². The van der Waals surface area contributed by atoms with E-state index in [0.29, 0.717) is 0 Å². The molecule has 0 saturated carbocycles. The second-order valence-corrected chi connectivity index (χ2v) is 8.22. The lowest BCUT2D eigenvalue weighted by atomic mass is 9.96. The summed E-state index contributed by atoms with van der Waals surface area (Å²) in [5.74, 6) is 0. The minimum atomic E-state index is -0.0389. The van der Waals surface area contributed by atoms with Gasteiger partial charge in [0.15, 0.2) is 0 Å². The quantitative estimate of drug-likeness (QED) is 0.405. The molecule has 0 fully saturated rings. The van der Waals surface area contributed by atoms with Crippen molar-refractivity contribution in [3.63, 3.8) is 0 Å². The SMILES string of the molecule is CCCCCCCCCCCCC1(C)Nc2cccc3cccc(c23)N1. The van der Waals surface area contributed by atoms with Gasteiger partial charge in [-0.15, -0.1) is 0 Å². The molecule has 3 rings (SSSR count). The van der Waals surface area contributed by atoms with E-state index in [0.717, 1.165) is 6.42 Å². The Kier molecular flexibility index (Phi) is 6.82. The standard InChI is InChI=1S/C24H36N2/c1-3-4-5-6-7-8-9-10-11-12-19-24(2)25-21-17-13-15-20-16-14-18-22(26-24)23(20)21/h13-18,25-26H,3-12,19H2,1-2H3. The van der Waals surface area contributed by atoms with Crippen LogP contribution in [0.2, 0.25) is 0 Å². The summed E-state index contributed by atoms with van der Waals surface area (Å²) in [5.41, 5.74) is 2.50. The first-order valence-corrected chi connectivity index (χ1v) is 10.8. The molecule has 0 spiro atoms. The van der Waals surface area contributed by atoms with Crippen molar-refractivity contribution in [2.75, 3.05) is 10.6 Å². The van der Waals surface area contributed by atoms with Gasteiger partial charge in [0.05, 0.1) is 0 Å². The average Bonchev–Trinajstić information content (AvgIpc) is 2.63. The van der Waals surface area contributed by atoms with Gasteiger partial charge in [-0.1, -0.05) is 89.0 Å². The van der Waals surface area contributed by atoms with Crippen LogP contribution < -0.4 is 10.6 Å². The van der Waals surface area contributed by atoms with E-state index in [1.165, 1.54) is 86.4 Å². The zero-order chi connectivity index (χ0) is 18.2. The molecule has 0 amide bonds. The van der Waals surface area contributed by atoms with Gasteiger partial charge in [0.2, 0.25) is 0 Å². The van der Waals surface area contributed by atoms with E-state index in [4.69, 9.17) is 0 Å². The average molecular weight is 353 g/mol. The van der Waals surface area contributed by atoms with E-state index in [-0.39, 0.29) is 5.66 Å². The van der Waals surface area contributed by atoms with E-state index in [1.807, 2.05) is 0 Å². The fourth-order valence-corrected chi connectivity index (χ4v) is 4.27. The molecule has 2 aromatic carbocycles. The summed E-state index contributed by atoms with van der Waals surface area (Å²) in [4.78, 5) is 0. The van der Waals surface area contributed by atoms with E-state index in [1.54, 1.807) is 0 Å². The summed E-state index contributed by atoms with van der Waals surface area (Å²) in [6, 6.07) is 13.1. The maximum Gasteiger partial charge on any atom is 0.105 e. The van der Waals surface area contributed by atoms with E-state index in [9.17, 15) is 0 Å². The van der Waals surface area contributed by atoms with Crippen LogP contribution in [0.3, 0.4) is 0 Å². The van der Waals surface area contributed by atoms with Crippen molar-refractivity contribution in [3.05, 3.63) is 36.4 Å². The molecule has 1 heterocycles. The molecule has 0 saturated heterocycles. The third-order valence-corrected chi connectivity index (χ3v) is 5.76. The second-order valence-electron chi connectivity index (χ2n) is 8.22. The van der Waals surface area contributed by atoms with Gasteiger partial charge in [-0.05, 0) is 37.3 Å². The van der Waals surface area contributed by atoms with Crippen LogP contribution in [0.1, 0.15) is 84.5 Å². The van der Waals surface area contributed by atoms with Crippen molar-refractivity contribution in [1.82, 2.24) is 0 Å². The smallest absolute Gasteiger partial charge is 0.105 e.